The second-order valence-corrected chi connectivity index (χ2v) is 7.70. The lowest BCUT2D eigenvalue weighted by atomic mass is 10.1. The highest BCUT2D eigenvalue weighted by Crippen LogP contribution is 2.18. The zero-order valence-electron chi connectivity index (χ0n) is 15.3. The number of rotatable bonds is 6. The third-order valence-corrected chi connectivity index (χ3v) is 5.15. The Morgan fingerprint density at radius 1 is 0.966 bits per heavy atom. The average molecular weight is 473 g/mol. The van der Waals surface area contributed by atoms with Gasteiger partial charge in [0, 0.05) is 17.6 Å². The lowest BCUT2D eigenvalue weighted by molar-refractivity contribution is 0.0697. The minimum absolute atomic E-state index is 0.222. The van der Waals surface area contributed by atoms with E-state index in [-0.39, 0.29) is 11.4 Å². The van der Waals surface area contributed by atoms with Crippen molar-refractivity contribution < 1.29 is 14.3 Å². The standard InChI is InChI=1S/C22H18BrFN2O2S/c23-18-11-7-16(8-12-18)14-26(13-15-5-9-17(10-6-15)21(27)28)22(29)25-20-4-2-1-3-19(20)24/h1-12H,13-14H2,(H,25,29)(H,27,28). The highest BCUT2D eigenvalue weighted by atomic mass is 79.9. The van der Waals surface area contributed by atoms with Crippen molar-refractivity contribution in [2.24, 2.45) is 0 Å². The molecule has 0 amide bonds. The van der Waals surface area contributed by atoms with E-state index in [1.807, 2.05) is 29.2 Å². The van der Waals surface area contributed by atoms with Crippen LogP contribution in [0.25, 0.3) is 0 Å². The van der Waals surface area contributed by atoms with Gasteiger partial charge in [-0.15, -0.1) is 0 Å². The maximum absolute atomic E-state index is 14.0. The summed E-state index contributed by atoms with van der Waals surface area (Å²) < 4.78 is 15.0. The molecule has 0 saturated heterocycles. The summed E-state index contributed by atoms with van der Waals surface area (Å²) >= 11 is 8.98. The van der Waals surface area contributed by atoms with Gasteiger partial charge in [0.05, 0.1) is 11.3 Å². The van der Waals surface area contributed by atoms with E-state index in [2.05, 4.69) is 21.2 Å². The number of carboxylic acid groups (broad SMARTS) is 1. The first kappa shape index (κ1) is 21.0. The van der Waals surface area contributed by atoms with Crippen LogP contribution >= 0.6 is 28.1 Å². The smallest absolute Gasteiger partial charge is 0.335 e. The van der Waals surface area contributed by atoms with Crippen LogP contribution in [0.3, 0.4) is 0 Å². The van der Waals surface area contributed by atoms with Crippen LogP contribution in [0.4, 0.5) is 10.1 Å². The van der Waals surface area contributed by atoms with Crippen LogP contribution in [0.15, 0.2) is 77.3 Å². The quantitative estimate of drug-likeness (QED) is 0.451. The average Bonchev–Trinajstić information content (AvgIpc) is 2.71. The first-order valence-corrected chi connectivity index (χ1v) is 9.99. The topological polar surface area (TPSA) is 52.6 Å². The molecule has 7 heteroatoms. The molecule has 0 unspecified atom stereocenters. The van der Waals surface area contributed by atoms with E-state index >= 15 is 0 Å². The number of hydrogen-bond acceptors (Lipinski definition) is 2. The number of carbonyl (C=O) groups is 1. The minimum atomic E-state index is -0.972. The number of hydrogen-bond donors (Lipinski definition) is 2. The van der Waals surface area contributed by atoms with Gasteiger partial charge in [0.2, 0.25) is 0 Å². The molecule has 29 heavy (non-hydrogen) atoms. The highest BCUT2D eigenvalue weighted by Gasteiger charge is 2.14. The number of para-hydroxylation sites is 1. The summed E-state index contributed by atoms with van der Waals surface area (Å²) in [6.45, 7) is 0.949. The van der Waals surface area contributed by atoms with E-state index in [1.165, 1.54) is 6.07 Å². The molecule has 2 N–H and O–H groups in total. The molecule has 0 aromatic heterocycles. The van der Waals surface area contributed by atoms with Crippen LogP contribution < -0.4 is 5.32 Å². The maximum Gasteiger partial charge on any atom is 0.335 e. The molecule has 0 aliphatic heterocycles. The molecule has 0 bridgehead atoms. The number of carboxylic acids is 1. The first-order chi connectivity index (χ1) is 13.9. The molecule has 0 fully saturated rings. The molecular formula is C22H18BrFN2O2S. The van der Waals surface area contributed by atoms with E-state index in [9.17, 15) is 9.18 Å². The van der Waals surface area contributed by atoms with Crippen LogP contribution in [0, 0.1) is 5.82 Å². The number of nitrogens with one attached hydrogen (secondary N) is 1. The molecule has 0 saturated carbocycles. The third kappa shape index (κ3) is 5.85. The summed E-state index contributed by atoms with van der Waals surface area (Å²) in [7, 11) is 0. The fraction of sp³-hybridized carbons (Fsp3) is 0.0909. The highest BCUT2D eigenvalue weighted by molar-refractivity contribution is 9.10. The van der Waals surface area contributed by atoms with Gasteiger partial charge in [-0.2, -0.15) is 0 Å². The van der Waals surface area contributed by atoms with Crippen molar-refractivity contribution in [1.82, 2.24) is 4.90 Å². The Hall–Kier alpha value is -2.77. The first-order valence-electron chi connectivity index (χ1n) is 8.79. The third-order valence-electron chi connectivity index (χ3n) is 4.26. The fourth-order valence-electron chi connectivity index (χ4n) is 2.74. The molecule has 148 valence electrons. The maximum atomic E-state index is 14.0. The van der Waals surface area contributed by atoms with Gasteiger partial charge >= 0.3 is 5.97 Å². The summed E-state index contributed by atoms with van der Waals surface area (Å²) in [6.07, 6.45) is 0. The molecule has 0 spiro atoms. The lowest BCUT2D eigenvalue weighted by Gasteiger charge is -2.26. The zero-order valence-corrected chi connectivity index (χ0v) is 17.7. The van der Waals surface area contributed by atoms with Gasteiger partial charge in [0.1, 0.15) is 5.82 Å². The monoisotopic (exact) mass is 472 g/mol. The SMILES string of the molecule is O=C(O)c1ccc(CN(Cc2ccc(Br)cc2)C(=S)Nc2ccccc2F)cc1. The molecule has 4 nitrogen and oxygen atoms in total. The summed E-state index contributed by atoms with van der Waals surface area (Å²) in [5, 5.41) is 12.4. The number of benzene rings is 3. The van der Waals surface area contributed by atoms with Gasteiger partial charge in [-0.25, -0.2) is 9.18 Å². The fourth-order valence-corrected chi connectivity index (χ4v) is 3.24. The van der Waals surface area contributed by atoms with Gasteiger partial charge in [-0.05, 0) is 59.7 Å². The van der Waals surface area contributed by atoms with Crippen LogP contribution in [0.5, 0.6) is 0 Å². The summed E-state index contributed by atoms with van der Waals surface area (Å²) in [6, 6.07) is 20.8. The lowest BCUT2D eigenvalue weighted by Crippen LogP contribution is -2.34. The largest absolute Gasteiger partial charge is 0.478 e. The molecule has 0 aliphatic rings. The summed E-state index contributed by atoms with van der Waals surface area (Å²) in [4.78, 5) is 13.0. The Bertz CT molecular complexity index is 1010. The summed E-state index contributed by atoms with van der Waals surface area (Å²) in [5.74, 6) is -1.36. The molecule has 0 atom stereocenters. The van der Waals surface area contributed by atoms with E-state index < -0.39 is 5.97 Å². The van der Waals surface area contributed by atoms with E-state index in [4.69, 9.17) is 17.3 Å². The van der Waals surface area contributed by atoms with Crippen molar-refractivity contribution in [1.29, 1.82) is 0 Å². The Morgan fingerprint density at radius 3 is 2.07 bits per heavy atom. The van der Waals surface area contributed by atoms with Crippen molar-refractivity contribution >= 4 is 44.9 Å². The molecule has 0 heterocycles. The van der Waals surface area contributed by atoms with Gasteiger partial charge in [-0.1, -0.05) is 52.3 Å². The minimum Gasteiger partial charge on any atom is -0.478 e. The second kappa shape index (κ2) is 9.62. The Morgan fingerprint density at radius 2 is 1.52 bits per heavy atom. The van der Waals surface area contributed by atoms with Crippen molar-refractivity contribution in [3.63, 3.8) is 0 Å². The van der Waals surface area contributed by atoms with E-state index in [0.717, 1.165) is 15.6 Å². The van der Waals surface area contributed by atoms with Crippen LogP contribution in [-0.4, -0.2) is 21.1 Å². The molecule has 3 aromatic carbocycles. The zero-order chi connectivity index (χ0) is 20.8. The molecule has 0 radical (unpaired) electrons. The van der Waals surface area contributed by atoms with Crippen molar-refractivity contribution in [3.05, 3.63) is 99.8 Å². The molecule has 3 aromatic rings. The van der Waals surface area contributed by atoms with Crippen LogP contribution in [0.1, 0.15) is 21.5 Å². The Balaban J connectivity index is 1.82. The number of halogens is 2. The predicted octanol–water partition coefficient (Wildman–Crippen LogP) is 5.69. The predicted molar refractivity (Wildman–Crippen MR) is 119 cm³/mol. The Labute approximate surface area is 182 Å². The number of thiocarbonyl (C=S) groups is 1. The van der Waals surface area contributed by atoms with Crippen LogP contribution in [0.2, 0.25) is 0 Å². The molecular weight excluding hydrogens is 455 g/mol. The van der Waals surface area contributed by atoms with Crippen molar-refractivity contribution in [2.75, 3.05) is 5.32 Å². The normalized spacial score (nSPS) is 10.4. The number of anilines is 1. The van der Waals surface area contributed by atoms with E-state index in [1.54, 1.807) is 42.5 Å². The number of nitrogens with zero attached hydrogens (tertiary/aromatic N) is 1. The van der Waals surface area contributed by atoms with Crippen LogP contribution in [-0.2, 0) is 13.1 Å². The van der Waals surface area contributed by atoms with Gasteiger partial charge in [0.15, 0.2) is 5.11 Å². The molecule has 0 aliphatic carbocycles. The Kier molecular flexibility index (Phi) is 6.95. The number of aromatic carboxylic acids is 1. The van der Waals surface area contributed by atoms with Crippen molar-refractivity contribution in [3.8, 4) is 0 Å². The van der Waals surface area contributed by atoms with Crippen molar-refractivity contribution in [2.45, 2.75) is 13.1 Å². The molecule has 3 rings (SSSR count). The van der Waals surface area contributed by atoms with Gasteiger partial charge in [0.25, 0.3) is 0 Å². The summed E-state index contributed by atoms with van der Waals surface area (Å²) in [5.41, 5.74) is 2.46. The van der Waals surface area contributed by atoms with Gasteiger partial charge < -0.3 is 15.3 Å². The van der Waals surface area contributed by atoms with E-state index in [0.29, 0.717) is 23.9 Å². The second-order valence-electron chi connectivity index (χ2n) is 6.39. The van der Waals surface area contributed by atoms with Gasteiger partial charge in [-0.3, -0.25) is 0 Å².